The molecular weight excluding hydrogens is 238 g/mol. The average Bonchev–Trinajstić information content (AvgIpc) is 2.40. The van der Waals surface area contributed by atoms with Crippen molar-refractivity contribution >= 4 is 17.2 Å². The first-order chi connectivity index (χ1) is 9.20. The van der Waals surface area contributed by atoms with Gasteiger partial charge in [-0.05, 0) is 38.1 Å². The molecule has 98 valence electrons. The number of para-hydroxylation sites is 1. The van der Waals surface area contributed by atoms with Crippen molar-refractivity contribution in [1.82, 2.24) is 0 Å². The molecule has 2 rings (SSSR count). The maximum Gasteiger partial charge on any atom is 0.161 e. The number of anilines is 2. The molecule has 0 aromatic heterocycles. The minimum Gasteiger partial charge on any atom is -0.494 e. The molecule has 3 nitrogen and oxygen atoms in total. The lowest BCUT2D eigenvalue weighted by atomic mass is 10.1. The van der Waals surface area contributed by atoms with Gasteiger partial charge in [-0.2, -0.15) is 0 Å². The topological polar surface area (TPSA) is 38.3 Å². The summed E-state index contributed by atoms with van der Waals surface area (Å²) in [7, 11) is 0. The smallest absolute Gasteiger partial charge is 0.161 e. The summed E-state index contributed by atoms with van der Waals surface area (Å²) < 4.78 is 5.45. The van der Waals surface area contributed by atoms with Crippen molar-refractivity contribution in [2.24, 2.45) is 0 Å². The number of carbonyl (C=O) groups excluding carboxylic acids is 1. The van der Waals surface area contributed by atoms with Crippen molar-refractivity contribution in [2.75, 3.05) is 11.9 Å². The largest absolute Gasteiger partial charge is 0.494 e. The first-order valence-electron chi connectivity index (χ1n) is 6.30. The van der Waals surface area contributed by atoms with Crippen LogP contribution in [0.4, 0.5) is 11.4 Å². The third-order valence-corrected chi connectivity index (χ3v) is 2.73. The van der Waals surface area contributed by atoms with Gasteiger partial charge in [0, 0.05) is 23.0 Å². The summed E-state index contributed by atoms with van der Waals surface area (Å²) in [5, 5.41) is 3.25. The molecule has 1 N–H and O–H groups in total. The second kappa shape index (κ2) is 6.05. The fourth-order valence-electron chi connectivity index (χ4n) is 1.88. The Bertz CT molecular complexity index is 578. The molecule has 0 atom stereocenters. The van der Waals surface area contributed by atoms with Gasteiger partial charge in [0.05, 0.1) is 6.61 Å². The highest BCUT2D eigenvalue weighted by atomic mass is 16.5. The maximum atomic E-state index is 11.6. The van der Waals surface area contributed by atoms with Crippen LogP contribution in [0.1, 0.15) is 24.2 Å². The Balaban J connectivity index is 2.26. The highest BCUT2D eigenvalue weighted by Gasteiger charge is 2.06. The molecule has 0 amide bonds. The van der Waals surface area contributed by atoms with Crippen molar-refractivity contribution < 1.29 is 9.53 Å². The van der Waals surface area contributed by atoms with Gasteiger partial charge in [0.15, 0.2) is 5.78 Å². The van der Waals surface area contributed by atoms with E-state index in [1.54, 1.807) is 6.92 Å². The Labute approximate surface area is 113 Å². The number of Topliss-reactive ketones (excluding diaryl/α,β-unsaturated/α-hetero) is 1. The molecule has 0 spiro atoms. The molecule has 2 aromatic carbocycles. The zero-order valence-corrected chi connectivity index (χ0v) is 11.1. The molecular formula is C16H17NO2. The van der Waals surface area contributed by atoms with Crippen LogP contribution in [0.2, 0.25) is 0 Å². The first kappa shape index (κ1) is 13.1. The van der Waals surface area contributed by atoms with Crippen molar-refractivity contribution in [3.63, 3.8) is 0 Å². The molecule has 0 aliphatic rings. The van der Waals surface area contributed by atoms with Gasteiger partial charge in [0.25, 0.3) is 0 Å². The molecule has 0 saturated carbocycles. The lowest BCUT2D eigenvalue weighted by Crippen LogP contribution is -2.00. The number of rotatable bonds is 5. The number of ether oxygens (including phenoxy) is 1. The van der Waals surface area contributed by atoms with E-state index in [1.807, 2.05) is 55.5 Å². The highest BCUT2D eigenvalue weighted by Crippen LogP contribution is 2.24. The zero-order valence-electron chi connectivity index (χ0n) is 11.1. The standard InChI is InChI=1S/C16H17NO2/c1-3-19-14-8-6-7-13(11-14)17-16-10-5-4-9-15(16)12(2)18/h4-11,17H,3H2,1-2H3. The molecule has 0 aliphatic carbocycles. The molecule has 0 fully saturated rings. The summed E-state index contributed by atoms with van der Waals surface area (Å²) in [6.45, 7) is 4.15. The van der Waals surface area contributed by atoms with Crippen LogP contribution in [0.25, 0.3) is 0 Å². The van der Waals surface area contributed by atoms with Crippen molar-refractivity contribution in [3.8, 4) is 5.75 Å². The molecule has 2 aromatic rings. The first-order valence-corrected chi connectivity index (χ1v) is 6.30. The van der Waals surface area contributed by atoms with Crippen LogP contribution in [0.3, 0.4) is 0 Å². The maximum absolute atomic E-state index is 11.6. The van der Waals surface area contributed by atoms with E-state index in [4.69, 9.17) is 4.74 Å². The van der Waals surface area contributed by atoms with Crippen LogP contribution in [0.15, 0.2) is 48.5 Å². The minimum absolute atomic E-state index is 0.0454. The molecule has 0 saturated heterocycles. The van der Waals surface area contributed by atoms with Crippen LogP contribution in [-0.4, -0.2) is 12.4 Å². The fraction of sp³-hybridized carbons (Fsp3) is 0.188. The van der Waals surface area contributed by atoms with Crippen molar-refractivity contribution in [2.45, 2.75) is 13.8 Å². The third-order valence-electron chi connectivity index (χ3n) is 2.73. The summed E-state index contributed by atoms with van der Waals surface area (Å²) >= 11 is 0. The second-order valence-electron chi connectivity index (χ2n) is 4.19. The number of hydrogen-bond donors (Lipinski definition) is 1. The quantitative estimate of drug-likeness (QED) is 0.820. The van der Waals surface area contributed by atoms with Crippen LogP contribution < -0.4 is 10.1 Å². The van der Waals surface area contributed by atoms with E-state index in [9.17, 15) is 4.79 Å². The molecule has 0 radical (unpaired) electrons. The van der Waals surface area contributed by atoms with Crippen LogP contribution in [0, 0.1) is 0 Å². The average molecular weight is 255 g/mol. The SMILES string of the molecule is CCOc1cccc(Nc2ccccc2C(C)=O)c1. The van der Waals surface area contributed by atoms with Gasteiger partial charge in [-0.3, -0.25) is 4.79 Å². The van der Waals surface area contributed by atoms with Gasteiger partial charge in [-0.25, -0.2) is 0 Å². The number of ketones is 1. The van der Waals surface area contributed by atoms with E-state index >= 15 is 0 Å². The summed E-state index contributed by atoms with van der Waals surface area (Å²) in [5.74, 6) is 0.858. The molecule has 0 aliphatic heterocycles. The molecule has 0 heterocycles. The van der Waals surface area contributed by atoms with Gasteiger partial charge in [0.1, 0.15) is 5.75 Å². The van der Waals surface area contributed by atoms with E-state index in [0.717, 1.165) is 17.1 Å². The Kier molecular flexibility index (Phi) is 4.18. The van der Waals surface area contributed by atoms with Crippen molar-refractivity contribution in [3.05, 3.63) is 54.1 Å². The predicted octanol–water partition coefficient (Wildman–Crippen LogP) is 4.03. The van der Waals surface area contributed by atoms with E-state index < -0.39 is 0 Å². The monoisotopic (exact) mass is 255 g/mol. The van der Waals surface area contributed by atoms with Crippen LogP contribution in [-0.2, 0) is 0 Å². The fourth-order valence-corrected chi connectivity index (χ4v) is 1.88. The minimum atomic E-state index is 0.0454. The summed E-state index contributed by atoms with van der Waals surface area (Å²) in [4.78, 5) is 11.6. The normalized spacial score (nSPS) is 10.0. The van der Waals surface area contributed by atoms with Gasteiger partial charge >= 0.3 is 0 Å². The Hall–Kier alpha value is -2.29. The molecule has 3 heteroatoms. The highest BCUT2D eigenvalue weighted by molar-refractivity contribution is 6.00. The summed E-state index contributed by atoms with van der Waals surface area (Å²) in [5.41, 5.74) is 2.40. The van der Waals surface area contributed by atoms with Gasteiger partial charge in [-0.1, -0.05) is 18.2 Å². The lowest BCUT2D eigenvalue weighted by molar-refractivity contribution is 0.101. The van der Waals surface area contributed by atoms with Gasteiger partial charge in [0.2, 0.25) is 0 Å². The Morgan fingerprint density at radius 3 is 2.68 bits per heavy atom. The van der Waals surface area contributed by atoms with Gasteiger partial charge in [-0.15, -0.1) is 0 Å². The van der Waals surface area contributed by atoms with Crippen LogP contribution >= 0.6 is 0 Å². The summed E-state index contributed by atoms with van der Waals surface area (Å²) in [6.07, 6.45) is 0. The van der Waals surface area contributed by atoms with E-state index in [-0.39, 0.29) is 5.78 Å². The van der Waals surface area contributed by atoms with Crippen molar-refractivity contribution in [1.29, 1.82) is 0 Å². The number of carbonyl (C=O) groups is 1. The van der Waals surface area contributed by atoms with Crippen LogP contribution in [0.5, 0.6) is 5.75 Å². The van der Waals surface area contributed by atoms with E-state index in [0.29, 0.717) is 12.2 Å². The van der Waals surface area contributed by atoms with Gasteiger partial charge < -0.3 is 10.1 Å². The lowest BCUT2D eigenvalue weighted by Gasteiger charge is -2.11. The number of nitrogens with one attached hydrogen (secondary N) is 1. The molecule has 19 heavy (non-hydrogen) atoms. The third kappa shape index (κ3) is 3.35. The molecule has 0 bridgehead atoms. The molecule has 0 unspecified atom stereocenters. The predicted molar refractivity (Wildman–Crippen MR) is 77.3 cm³/mol. The second-order valence-corrected chi connectivity index (χ2v) is 4.19. The Morgan fingerprint density at radius 1 is 1.16 bits per heavy atom. The number of hydrogen-bond acceptors (Lipinski definition) is 3. The van der Waals surface area contributed by atoms with E-state index in [1.165, 1.54) is 0 Å². The zero-order chi connectivity index (χ0) is 13.7. The van der Waals surface area contributed by atoms with E-state index in [2.05, 4.69) is 5.32 Å². The summed E-state index contributed by atoms with van der Waals surface area (Å²) in [6, 6.07) is 15.2. The number of benzene rings is 2. The Morgan fingerprint density at radius 2 is 1.95 bits per heavy atom.